The Labute approximate surface area is 94.0 Å². The van der Waals surface area contributed by atoms with Crippen molar-refractivity contribution in [2.75, 3.05) is 18.0 Å². The first-order valence-electron chi connectivity index (χ1n) is 4.66. The van der Waals surface area contributed by atoms with Gasteiger partial charge in [-0.05, 0) is 13.8 Å². The predicted molar refractivity (Wildman–Crippen MR) is 62.5 cm³/mol. The Balaban J connectivity index is 2.80. The minimum absolute atomic E-state index is 0.133. The van der Waals surface area contributed by atoms with Gasteiger partial charge < -0.3 is 4.90 Å². The summed E-state index contributed by atoms with van der Waals surface area (Å²) < 4.78 is 21.7. The van der Waals surface area contributed by atoms with E-state index in [4.69, 9.17) is 5.14 Å². The van der Waals surface area contributed by atoms with E-state index in [9.17, 15) is 8.42 Å². The monoisotopic (exact) mass is 249 g/mol. The predicted octanol–water partition coefficient (Wildman–Crippen LogP) is 0.778. The molecular weight excluding hydrogens is 234 g/mol. The summed E-state index contributed by atoms with van der Waals surface area (Å²) in [5, 5.41) is 5.80. The van der Waals surface area contributed by atoms with Gasteiger partial charge in [0.05, 0.1) is 0 Å². The number of hydrogen-bond donors (Lipinski definition) is 1. The van der Waals surface area contributed by atoms with Crippen molar-refractivity contribution in [1.82, 2.24) is 4.98 Å². The highest BCUT2D eigenvalue weighted by Gasteiger charge is 2.11. The Kier molecular flexibility index (Phi) is 4.06. The third kappa shape index (κ3) is 3.77. The number of nitrogens with zero attached hydrogens (tertiary/aromatic N) is 2. The van der Waals surface area contributed by atoms with E-state index in [2.05, 4.69) is 9.88 Å². The maximum atomic E-state index is 10.9. The molecule has 0 aliphatic rings. The van der Waals surface area contributed by atoms with E-state index in [1.807, 2.05) is 13.8 Å². The van der Waals surface area contributed by atoms with E-state index in [1.54, 1.807) is 6.20 Å². The highest BCUT2D eigenvalue weighted by molar-refractivity contribution is 7.88. The van der Waals surface area contributed by atoms with E-state index in [0.717, 1.165) is 18.2 Å². The van der Waals surface area contributed by atoms with Crippen LogP contribution in [0.15, 0.2) is 6.20 Å². The fourth-order valence-corrected chi connectivity index (χ4v) is 3.23. The van der Waals surface area contributed by atoms with E-state index >= 15 is 0 Å². The molecule has 0 unspecified atom stereocenters. The highest BCUT2D eigenvalue weighted by Crippen LogP contribution is 2.23. The molecule has 0 aliphatic carbocycles. The zero-order chi connectivity index (χ0) is 11.5. The van der Waals surface area contributed by atoms with Gasteiger partial charge >= 0.3 is 0 Å². The molecule has 0 saturated heterocycles. The summed E-state index contributed by atoms with van der Waals surface area (Å²) in [6, 6.07) is 0. The van der Waals surface area contributed by atoms with Crippen LogP contribution in [-0.2, 0) is 15.8 Å². The molecule has 86 valence electrons. The van der Waals surface area contributed by atoms with Crippen molar-refractivity contribution in [2.45, 2.75) is 19.6 Å². The van der Waals surface area contributed by atoms with Crippen LogP contribution in [0.3, 0.4) is 0 Å². The molecule has 1 rings (SSSR count). The van der Waals surface area contributed by atoms with Crippen LogP contribution < -0.4 is 10.0 Å². The Hall–Kier alpha value is -0.660. The van der Waals surface area contributed by atoms with Crippen LogP contribution in [0.5, 0.6) is 0 Å². The van der Waals surface area contributed by atoms with E-state index < -0.39 is 10.0 Å². The zero-order valence-corrected chi connectivity index (χ0v) is 10.4. The number of anilines is 1. The standard InChI is InChI=1S/C8H15N3O2S2/c1-3-11(4-2)8-10-5-7(14-8)6-15(9,12)13/h5H,3-4,6H2,1-2H3,(H2,9,12,13). The highest BCUT2D eigenvalue weighted by atomic mass is 32.2. The third-order valence-corrected chi connectivity index (χ3v) is 3.87. The topological polar surface area (TPSA) is 76.3 Å². The van der Waals surface area contributed by atoms with Crippen LogP contribution in [-0.4, -0.2) is 26.5 Å². The van der Waals surface area contributed by atoms with Crippen molar-refractivity contribution in [3.05, 3.63) is 11.1 Å². The summed E-state index contributed by atoms with van der Waals surface area (Å²) in [4.78, 5) is 6.91. The molecule has 5 nitrogen and oxygen atoms in total. The largest absolute Gasteiger partial charge is 0.349 e. The molecule has 0 fully saturated rings. The molecule has 0 radical (unpaired) electrons. The number of rotatable bonds is 5. The van der Waals surface area contributed by atoms with Crippen LogP contribution in [0.25, 0.3) is 0 Å². The Morgan fingerprint density at radius 3 is 2.53 bits per heavy atom. The van der Waals surface area contributed by atoms with Crippen molar-refractivity contribution < 1.29 is 8.42 Å². The minimum Gasteiger partial charge on any atom is -0.349 e. The number of sulfonamides is 1. The van der Waals surface area contributed by atoms with Gasteiger partial charge in [-0.3, -0.25) is 0 Å². The summed E-state index contributed by atoms with van der Waals surface area (Å²) in [5.41, 5.74) is 0. The van der Waals surface area contributed by atoms with Gasteiger partial charge in [-0.25, -0.2) is 18.5 Å². The van der Waals surface area contributed by atoms with Crippen LogP contribution >= 0.6 is 11.3 Å². The van der Waals surface area contributed by atoms with Gasteiger partial charge in [-0.15, -0.1) is 11.3 Å². The maximum Gasteiger partial charge on any atom is 0.214 e. The van der Waals surface area contributed by atoms with Crippen LogP contribution in [0, 0.1) is 0 Å². The molecule has 7 heteroatoms. The first-order valence-corrected chi connectivity index (χ1v) is 7.19. The van der Waals surface area contributed by atoms with Crippen molar-refractivity contribution in [3.8, 4) is 0 Å². The fraction of sp³-hybridized carbons (Fsp3) is 0.625. The molecule has 1 aromatic rings. The van der Waals surface area contributed by atoms with Crippen molar-refractivity contribution in [3.63, 3.8) is 0 Å². The third-order valence-electron chi connectivity index (χ3n) is 1.92. The number of nitrogens with two attached hydrogens (primary N) is 1. The lowest BCUT2D eigenvalue weighted by Crippen LogP contribution is -2.21. The van der Waals surface area contributed by atoms with Gasteiger partial charge in [0.1, 0.15) is 5.75 Å². The molecule has 0 saturated carbocycles. The Bertz CT molecular complexity index is 409. The van der Waals surface area contributed by atoms with E-state index in [1.165, 1.54) is 11.3 Å². The van der Waals surface area contributed by atoms with Gasteiger partial charge in [0.25, 0.3) is 0 Å². The Morgan fingerprint density at radius 1 is 1.47 bits per heavy atom. The number of primary sulfonamides is 1. The summed E-state index contributed by atoms with van der Waals surface area (Å²) >= 11 is 1.37. The second-order valence-corrected chi connectivity index (χ2v) is 5.80. The quantitative estimate of drug-likeness (QED) is 0.836. The second kappa shape index (κ2) is 4.91. The zero-order valence-electron chi connectivity index (χ0n) is 8.80. The Morgan fingerprint density at radius 2 is 2.07 bits per heavy atom. The average Bonchev–Trinajstić information content (AvgIpc) is 2.52. The summed E-state index contributed by atoms with van der Waals surface area (Å²) in [7, 11) is -3.45. The molecule has 0 atom stereocenters. The summed E-state index contributed by atoms with van der Waals surface area (Å²) in [6.07, 6.45) is 1.57. The fourth-order valence-electron chi connectivity index (χ4n) is 1.20. The van der Waals surface area contributed by atoms with Gasteiger partial charge in [0.15, 0.2) is 5.13 Å². The molecular formula is C8H15N3O2S2. The van der Waals surface area contributed by atoms with Gasteiger partial charge in [-0.1, -0.05) is 0 Å². The van der Waals surface area contributed by atoms with E-state index in [0.29, 0.717) is 4.88 Å². The number of hydrogen-bond acceptors (Lipinski definition) is 5. The summed E-state index contributed by atoms with van der Waals surface area (Å²) in [5.74, 6) is -0.133. The molecule has 0 aliphatic heterocycles. The maximum absolute atomic E-state index is 10.9. The van der Waals surface area contributed by atoms with Crippen molar-refractivity contribution in [1.29, 1.82) is 0 Å². The lowest BCUT2D eigenvalue weighted by atomic mass is 10.6. The normalized spacial score (nSPS) is 11.7. The van der Waals surface area contributed by atoms with Crippen LogP contribution in [0.2, 0.25) is 0 Å². The second-order valence-electron chi connectivity index (χ2n) is 3.09. The molecule has 0 spiro atoms. The molecule has 1 heterocycles. The molecule has 0 aromatic carbocycles. The van der Waals surface area contributed by atoms with Gasteiger partial charge in [0, 0.05) is 24.2 Å². The van der Waals surface area contributed by atoms with E-state index in [-0.39, 0.29) is 5.75 Å². The van der Waals surface area contributed by atoms with Crippen LogP contribution in [0.4, 0.5) is 5.13 Å². The van der Waals surface area contributed by atoms with Gasteiger partial charge in [-0.2, -0.15) is 0 Å². The smallest absolute Gasteiger partial charge is 0.214 e. The summed E-state index contributed by atoms with van der Waals surface area (Å²) in [6.45, 7) is 5.78. The molecule has 15 heavy (non-hydrogen) atoms. The SMILES string of the molecule is CCN(CC)c1ncc(CS(N)(=O)=O)s1. The lowest BCUT2D eigenvalue weighted by Gasteiger charge is -2.16. The van der Waals surface area contributed by atoms with Crippen molar-refractivity contribution in [2.24, 2.45) is 5.14 Å². The minimum atomic E-state index is -3.45. The van der Waals surface area contributed by atoms with Gasteiger partial charge in [0.2, 0.25) is 10.0 Å². The van der Waals surface area contributed by atoms with Crippen molar-refractivity contribution >= 4 is 26.5 Å². The number of aromatic nitrogens is 1. The number of thiazole rings is 1. The van der Waals surface area contributed by atoms with Crippen LogP contribution in [0.1, 0.15) is 18.7 Å². The first-order chi connectivity index (χ1) is 6.96. The molecule has 0 bridgehead atoms. The molecule has 0 amide bonds. The molecule has 2 N–H and O–H groups in total. The first kappa shape index (κ1) is 12.4. The molecule has 1 aromatic heterocycles. The average molecular weight is 249 g/mol. The lowest BCUT2D eigenvalue weighted by molar-refractivity contribution is 0.597.